The molecule has 1 aliphatic rings. The SMILES string of the molecule is COCCNC(=O)CNC1CCCCC1CO. The maximum atomic E-state index is 11.5. The molecule has 0 aromatic carbocycles. The van der Waals surface area contributed by atoms with Crippen molar-refractivity contribution in [3.63, 3.8) is 0 Å². The lowest BCUT2D eigenvalue weighted by Gasteiger charge is -2.30. The van der Waals surface area contributed by atoms with Crippen molar-refractivity contribution in [2.75, 3.05) is 33.4 Å². The molecule has 1 rings (SSSR count). The van der Waals surface area contributed by atoms with Crippen LogP contribution in [0.4, 0.5) is 0 Å². The lowest BCUT2D eigenvalue weighted by Crippen LogP contribution is -2.45. The summed E-state index contributed by atoms with van der Waals surface area (Å²) in [5.41, 5.74) is 0. The maximum absolute atomic E-state index is 11.5. The van der Waals surface area contributed by atoms with Gasteiger partial charge < -0.3 is 20.5 Å². The largest absolute Gasteiger partial charge is 0.396 e. The first kappa shape index (κ1) is 14.4. The predicted octanol–water partition coefficient (Wildman–Crippen LogP) is -0.110. The van der Waals surface area contributed by atoms with E-state index in [0.717, 1.165) is 12.8 Å². The zero-order valence-electron chi connectivity index (χ0n) is 10.6. The smallest absolute Gasteiger partial charge is 0.234 e. The molecule has 1 saturated carbocycles. The van der Waals surface area contributed by atoms with Crippen LogP contribution in [0.15, 0.2) is 0 Å². The third-order valence-corrected chi connectivity index (χ3v) is 3.30. The molecular formula is C12H24N2O3. The Morgan fingerprint density at radius 1 is 1.41 bits per heavy atom. The minimum Gasteiger partial charge on any atom is -0.396 e. The second-order valence-corrected chi connectivity index (χ2v) is 4.56. The number of methoxy groups -OCH3 is 1. The number of hydrogen-bond donors (Lipinski definition) is 3. The third-order valence-electron chi connectivity index (χ3n) is 3.30. The second kappa shape index (κ2) is 8.44. The molecule has 100 valence electrons. The molecule has 1 aliphatic carbocycles. The first-order valence-corrected chi connectivity index (χ1v) is 6.37. The molecule has 0 heterocycles. The number of aliphatic hydroxyl groups is 1. The summed E-state index contributed by atoms with van der Waals surface area (Å²) in [6, 6.07) is 0.280. The van der Waals surface area contributed by atoms with Crippen molar-refractivity contribution in [2.24, 2.45) is 5.92 Å². The molecule has 0 bridgehead atoms. The van der Waals surface area contributed by atoms with Crippen LogP contribution in [0.25, 0.3) is 0 Å². The standard InChI is InChI=1S/C12H24N2O3/c1-17-7-6-13-12(16)8-14-11-5-3-2-4-10(11)9-15/h10-11,14-15H,2-9H2,1H3,(H,13,16). The highest BCUT2D eigenvalue weighted by Gasteiger charge is 2.24. The van der Waals surface area contributed by atoms with E-state index in [0.29, 0.717) is 25.6 Å². The molecule has 2 unspecified atom stereocenters. The Morgan fingerprint density at radius 2 is 2.18 bits per heavy atom. The molecule has 1 fully saturated rings. The van der Waals surface area contributed by atoms with Crippen molar-refractivity contribution < 1.29 is 14.6 Å². The van der Waals surface area contributed by atoms with E-state index >= 15 is 0 Å². The van der Waals surface area contributed by atoms with Crippen LogP contribution >= 0.6 is 0 Å². The summed E-state index contributed by atoms with van der Waals surface area (Å²) in [6.07, 6.45) is 4.47. The molecule has 0 aromatic heterocycles. The van der Waals surface area contributed by atoms with E-state index in [9.17, 15) is 9.90 Å². The first-order valence-electron chi connectivity index (χ1n) is 6.37. The van der Waals surface area contributed by atoms with Crippen LogP contribution < -0.4 is 10.6 Å². The van der Waals surface area contributed by atoms with E-state index in [-0.39, 0.29) is 18.6 Å². The van der Waals surface area contributed by atoms with Crippen molar-refractivity contribution in [3.8, 4) is 0 Å². The van der Waals surface area contributed by atoms with Gasteiger partial charge in [0.1, 0.15) is 0 Å². The van der Waals surface area contributed by atoms with Crippen LogP contribution in [-0.4, -0.2) is 50.5 Å². The van der Waals surface area contributed by atoms with Crippen LogP contribution in [0.1, 0.15) is 25.7 Å². The number of rotatable bonds is 7. The highest BCUT2D eigenvalue weighted by atomic mass is 16.5. The molecular weight excluding hydrogens is 220 g/mol. The molecule has 5 nitrogen and oxygen atoms in total. The minimum absolute atomic E-state index is 0.00990. The van der Waals surface area contributed by atoms with Gasteiger partial charge in [-0.15, -0.1) is 0 Å². The molecule has 2 atom stereocenters. The molecule has 0 radical (unpaired) electrons. The average molecular weight is 244 g/mol. The molecule has 3 N–H and O–H groups in total. The summed E-state index contributed by atoms with van der Waals surface area (Å²) in [6.45, 7) is 1.62. The molecule has 0 saturated heterocycles. The van der Waals surface area contributed by atoms with Gasteiger partial charge in [0, 0.05) is 26.3 Å². The highest BCUT2D eigenvalue weighted by Crippen LogP contribution is 2.23. The average Bonchev–Trinajstić information content (AvgIpc) is 2.37. The van der Waals surface area contributed by atoms with Gasteiger partial charge in [0.2, 0.25) is 5.91 Å². The first-order chi connectivity index (χ1) is 8.27. The summed E-state index contributed by atoms with van der Waals surface area (Å²) in [7, 11) is 1.61. The number of ether oxygens (including phenoxy) is 1. The zero-order chi connectivity index (χ0) is 12.5. The number of aliphatic hydroxyl groups excluding tert-OH is 1. The topological polar surface area (TPSA) is 70.6 Å². The Morgan fingerprint density at radius 3 is 2.88 bits per heavy atom. The predicted molar refractivity (Wildman–Crippen MR) is 65.7 cm³/mol. The fourth-order valence-corrected chi connectivity index (χ4v) is 2.27. The van der Waals surface area contributed by atoms with E-state index in [2.05, 4.69) is 10.6 Å². The summed E-state index contributed by atoms with van der Waals surface area (Å²) in [4.78, 5) is 11.5. The highest BCUT2D eigenvalue weighted by molar-refractivity contribution is 5.77. The monoisotopic (exact) mass is 244 g/mol. The third kappa shape index (κ3) is 5.48. The minimum atomic E-state index is -0.00990. The molecule has 5 heteroatoms. The van der Waals surface area contributed by atoms with Crippen molar-refractivity contribution >= 4 is 5.91 Å². The maximum Gasteiger partial charge on any atom is 0.234 e. The van der Waals surface area contributed by atoms with E-state index < -0.39 is 0 Å². The molecule has 0 aromatic rings. The van der Waals surface area contributed by atoms with E-state index in [4.69, 9.17) is 4.74 Å². The van der Waals surface area contributed by atoms with Gasteiger partial charge in [-0.25, -0.2) is 0 Å². The fourth-order valence-electron chi connectivity index (χ4n) is 2.27. The van der Waals surface area contributed by atoms with Crippen molar-refractivity contribution in [3.05, 3.63) is 0 Å². The number of amides is 1. The van der Waals surface area contributed by atoms with Gasteiger partial charge in [-0.1, -0.05) is 12.8 Å². The van der Waals surface area contributed by atoms with E-state index in [1.165, 1.54) is 12.8 Å². The second-order valence-electron chi connectivity index (χ2n) is 4.56. The van der Waals surface area contributed by atoms with Gasteiger partial charge >= 0.3 is 0 Å². The lowest BCUT2D eigenvalue weighted by molar-refractivity contribution is -0.120. The van der Waals surface area contributed by atoms with Crippen LogP contribution in [-0.2, 0) is 9.53 Å². The van der Waals surface area contributed by atoms with E-state index in [1.807, 2.05) is 0 Å². The number of nitrogens with one attached hydrogen (secondary N) is 2. The number of hydrogen-bond acceptors (Lipinski definition) is 4. The molecule has 0 spiro atoms. The van der Waals surface area contributed by atoms with Gasteiger partial charge in [0.15, 0.2) is 0 Å². The van der Waals surface area contributed by atoms with Gasteiger partial charge in [0.05, 0.1) is 13.2 Å². The Bertz CT molecular complexity index is 224. The van der Waals surface area contributed by atoms with Crippen molar-refractivity contribution in [1.29, 1.82) is 0 Å². The Labute approximate surface area is 103 Å². The van der Waals surface area contributed by atoms with Crippen LogP contribution in [0, 0.1) is 5.92 Å². The summed E-state index contributed by atoms with van der Waals surface area (Å²) >= 11 is 0. The molecule has 0 aliphatic heterocycles. The summed E-state index contributed by atoms with van der Waals surface area (Å²) < 4.78 is 4.85. The van der Waals surface area contributed by atoms with Crippen LogP contribution in [0.3, 0.4) is 0 Å². The van der Waals surface area contributed by atoms with Crippen molar-refractivity contribution in [2.45, 2.75) is 31.7 Å². The van der Waals surface area contributed by atoms with Gasteiger partial charge in [-0.05, 0) is 18.8 Å². The normalized spacial score (nSPS) is 24.6. The summed E-state index contributed by atoms with van der Waals surface area (Å²) in [5, 5.41) is 15.2. The zero-order valence-corrected chi connectivity index (χ0v) is 10.6. The van der Waals surface area contributed by atoms with Crippen molar-refractivity contribution in [1.82, 2.24) is 10.6 Å². The van der Waals surface area contributed by atoms with E-state index in [1.54, 1.807) is 7.11 Å². The Hall–Kier alpha value is -0.650. The number of carbonyl (C=O) groups excluding carboxylic acids is 1. The molecule has 17 heavy (non-hydrogen) atoms. The Balaban J connectivity index is 2.17. The Kier molecular flexibility index (Phi) is 7.16. The van der Waals surface area contributed by atoms with Crippen LogP contribution in [0.5, 0.6) is 0 Å². The number of carbonyl (C=O) groups is 1. The summed E-state index contributed by atoms with van der Waals surface area (Å²) in [5.74, 6) is 0.292. The lowest BCUT2D eigenvalue weighted by atomic mass is 9.85. The van der Waals surface area contributed by atoms with Crippen LogP contribution in [0.2, 0.25) is 0 Å². The fraction of sp³-hybridized carbons (Fsp3) is 0.917. The van der Waals surface area contributed by atoms with Gasteiger partial charge in [-0.2, -0.15) is 0 Å². The molecule has 1 amide bonds. The van der Waals surface area contributed by atoms with Gasteiger partial charge in [-0.3, -0.25) is 4.79 Å². The quantitative estimate of drug-likeness (QED) is 0.547. The van der Waals surface area contributed by atoms with Gasteiger partial charge in [0.25, 0.3) is 0 Å².